The molecule has 0 amide bonds. The van der Waals surface area contributed by atoms with Crippen LogP contribution in [-0.2, 0) is 0 Å². The standard InChI is InChI=1S/C21H23BN2/c1-14(2)18-6-5-7-19(15(3)4)20(18)24-13-12-23-21(24)16-8-10-17(22)11-9-16/h5-15H,1-4H3. The predicted octanol–water partition coefficient (Wildman–Crippen LogP) is 4.58. The van der Waals surface area contributed by atoms with Crippen LogP contribution in [0.1, 0.15) is 50.7 Å². The van der Waals surface area contributed by atoms with Crippen molar-refractivity contribution in [2.45, 2.75) is 39.5 Å². The van der Waals surface area contributed by atoms with Crippen LogP contribution < -0.4 is 5.46 Å². The molecular weight excluding hydrogens is 291 g/mol. The van der Waals surface area contributed by atoms with Crippen LogP contribution in [0.2, 0.25) is 0 Å². The van der Waals surface area contributed by atoms with Crippen LogP contribution >= 0.6 is 0 Å². The molecule has 2 radical (unpaired) electrons. The Kier molecular flexibility index (Phi) is 4.61. The second kappa shape index (κ2) is 6.68. The van der Waals surface area contributed by atoms with Gasteiger partial charge in [0.15, 0.2) is 0 Å². The average molecular weight is 314 g/mol. The minimum atomic E-state index is 0.445. The third kappa shape index (κ3) is 3.03. The number of benzene rings is 2. The summed E-state index contributed by atoms with van der Waals surface area (Å²) in [5, 5.41) is 0. The zero-order valence-electron chi connectivity index (χ0n) is 14.8. The van der Waals surface area contributed by atoms with Gasteiger partial charge in [-0.3, -0.25) is 4.57 Å². The molecule has 0 spiro atoms. The van der Waals surface area contributed by atoms with Crippen molar-refractivity contribution < 1.29 is 0 Å². The highest BCUT2D eigenvalue weighted by atomic mass is 15.1. The van der Waals surface area contributed by atoms with Gasteiger partial charge in [-0.05, 0) is 23.0 Å². The Bertz CT molecular complexity index is 803. The average Bonchev–Trinajstić information content (AvgIpc) is 3.03. The highest BCUT2D eigenvalue weighted by Crippen LogP contribution is 2.33. The van der Waals surface area contributed by atoms with E-state index in [-0.39, 0.29) is 0 Å². The van der Waals surface area contributed by atoms with Gasteiger partial charge >= 0.3 is 0 Å². The maximum absolute atomic E-state index is 5.83. The monoisotopic (exact) mass is 314 g/mol. The van der Waals surface area contributed by atoms with Gasteiger partial charge in [0.1, 0.15) is 13.7 Å². The van der Waals surface area contributed by atoms with Crippen molar-refractivity contribution in [3.63, 3.8) is 0 Å². The van der Waals surface area contributed by atoms with Gasteiger partial charge in [0.05, 0.1) is 5.69 Å². The fraction of sp³-hybridized carbons (Fsp3) is 0.286. The van der Waals surface area contributed by atoms with Crippen molar-refractivity contribution in [3.8, 4) is 17.1 Å². The van der Waals surface area contributed by atoms with E-state index in [0.717, 1.165) is 16.9 Å². The van der Waals surface area contributed by atoms with Crippen LogP contribution in [0.3, 0.4) is 0 Å². The molecule has 2 aromatic carbocycles. The summed E-state index contributed by atoms with van der Waals surface area (Å²) < 4.78 is 2.22. The summed E-state index contributed by atoms with van der Waals surface area (Å²) in [6.45, 7) is 8.96. The van der Waals surface area contributed by atoms with E-state index in [0.29, 0.717) is 11.8 Å². The quantitative estimate of drug-likeness (QED) is 0.645. The number of hydrogen-bond acceptors (Lipinski definition) is 1. The Morgan fingerprint density at radius 3 is 2.00 bits per heavy atom. The molecule has 120 valence electrons. The van der Waals surface area contributed by atoms with E-state index in [1.54, 1.807) is 0 Å². The van der Waals surface area contributed by atoms with Gasteiger partial charge in [-0.15, -0.1) is 0 Å². The number of imidazole rings is 1. The van der Waals surface area contributed by atoms with Gasteiger partial charge in [-0.1, -0.05) is 75.6 Å². The molecule has 0 aliphatic heterocycles. The van der Waals surface area contributed by atoms with Crippen molar-refractivity contribution in [1.82, 2.24) is 9.55 Å². The summed E-state index contributed by atoms with van der Waals surface area (Å²) >= 11 is 0. The van der Waals surface area contributed by atoms with Crippen LogP contribution in [0, 0.1) is 0 Å². The number of aromatic nitrogens is 2. The summed E-state index contributed by atoms with van der Waals surface area (Å²) in [5.41, 5.74) is 5.78. The van der Waals surface area contributed by atoms with Crippen LogP contribution in [0.5, 0.6) is 0 Å². The van der Waals surface area contributed by atoms with Crippen molar-refractivity contribution in [2.75, 3.05) is 0 Å². The molecule has 0 aliphatic carbocycles. The number of nitrogens with zero attached hydrogens (tertiary/aromatic N) is 2. The first-order valence-corrected chi connectivity index (χ1v) is 8.51. The van der Waals surface area contributed by atoms with Gasteiger partial charge < -0.3 is 0 Å². The normalized spacial score (nSPS) is 11.4. The van der Waals surface area contributed by atoms with Gasteiger partial charge in [0, 0.05) is 18.0 Å². The van der Waals surface area contributed by atoms with Crippen molar-refractivity contribution in [3.05, 3.63) is 66.0 Å². The maximum Gasteiger partial charge on any atom is 0.144 e. The zero-order chi connectivity index (χ0) is 17.3. The number of para-hydroxylation sites is 1. The molecule has 0 saturated carbocycles. The third-order valence-corrected chi connectivity index (χ3v) is 4.39. The van der Waals surface area contributed by atoms with Gasteiger partial charge in [0.2, 0.25) is 0 Å². The van der Waals surface area contributed by atoms with Crippen LogP contribution in [0.25, 0.3) is 17.1 Å². The van der Waals surface area contributed by atoms with Crippen LogP contribution in [0.4, 0.5) is 0 Å². The molecule has 24 heavy (non-hydrogen) atoms. The SMILES string of the molecule is [B]c1ccc(-c2nccn2-c2c(C(C)C)cccc2C(C)C)cc1. The lowest BCUT2D eigenvalue weighted by Crippen LogP contribution is -2.08. The highest BCUT2D eigenvalue weighted by molar-refractivity contribution is 6.32. The Morgan fingerprint density at radius 1 is 0.875 bits per heavy atom. The fourth-order valence-electron chi connectivity index (χ4n) is 3.12. The Labute approximate surface area is 146 Å². The minimum absolute atomic E-state index is 0.445. The smallest absolute Gasteiger partial charge is 0.144 e. The Hall–Kier alpha value is -2.29. The molecular formula is C21H23BN2. The molecule has 3 aromatic rings. The minimum Gasteiger partial charge on any atom is -0.299 e. The Balaban J connectivity index is 2.24. The lowest BCUT2D eigenvalue weighted by atomic mass is 9.92. The lowest BCUT2D eigenvalue weighted by Gasteiger charge is -2.21. The highest BCUT2D eigenvalue weighted by Gasteiger charge is 2.18. The second-order valence-corrected chi connectivity index (χ2v) is 6.84. The topological polar surface area (TPSA) is 17.8 Å². The summed E-state index contributed by atoms with van der Waals surface area (Å²) in [6.07, 6.45) is 3.92. The van der Waals surface area contributed by atoms with Crippen molar-refractivity contribution >= 4 is 13.3 Å². The van der Waals surface area contributed by atoms with Crippen LogP contribution in [-0.4, -0.2) is 17.4 Å². The molecule has 3 rings (SSSR count). The zero-order valence-corrected chi connectivity index (χ0v) is 14.8. The van der Waals surface area contributed by atoms with E-state index in [9.17, 15) is 0 Å². The van der Waals surface area contributed by atoms with Crippen molar-refractivity contribution in [2.24, 2.45) is 0 Å². The van der Waals surface area contributed by atoms with E-state index in [4.69, 9.17) is 7.85 Å². The number of hydrogen-bond donors (Lipinski definition) is 0. The van der Waals surface area contributed by atoms with E-state index < -0.39 is 0 Å². The van der Waals surface area contributed by atoms with E-state index >= 15 is 0 Å². The maximum atomic E-state index is 5.83. The third-order valence-electron chi connectivity index (χ3n) is 4.39. The first-order chi connectivity index (χ1) is 11.5. The molecule has 1 heterocycles. The molecule has 0 atom stereocenters. The number of rotatable bonds is 4. The van der Waals surface area contributed by atoms with E-state index in [2.05, 4.69) is 61.6 Å². The molecule has 0 fully saturated rings. The second-order valence-electron chi connectivity index (χ2n) is 6.84. The first kappa shape index (κ1) is 16.6. The largest absolute Gasteiger partial charge is 0.299 e. The summed E-state index contributed by atoms with van der Waals surface area (Å²) in [5.74, 6) is 1.84. The molecule has 0 bridgehead atoms. The summed E-state index contributed by atoms with van der Waals surface area (Å²) in [6, 6.07) is 14.5. The van der Waals surface area contributed by atoms with E-state index in [1.807, 2.05) is 30.5 Å². The molecule has 2 nitrogen and oxygen atoms in total. The van der Waals surface area contributed by atoms with E-state index in [1.165, 1.54) is 16.8 Å². The fourth-order valence-corrected chi connectivity index (χ4v) is 3.12. The molecule has 0 N–H and O–H groups in total. The van der Waals surface area contributed by atoms with Gasteiger partial charge in [0.25, 0.3) is 0 Å². The molecule has 3 heteroatoms. The molecule has 0 aliphatic rings. The van der Waals surface area contributed by atoms with Crippen LogP contribution in [0.15, 0.2) is 54.9 Å². The summed E-state index contributed by atoms with van der Waals surface area (Å²) in [4.78, 5) is 4.62. The molecule has 1 aromatic heterocycles. The van der Waals surface area contributed by atoms with Gasteiger partial charge in [-0.25, -0.2) is 4.98 Å². The van der Waals surface area contributed by atoms with Gasteiger partial charge in [-0.2, -0.15) is 0 Å². The first-order valence-electron chi connectivity index (χ1n) is 8.51. The Morgan fingerprint density at radius 2 is 1.46 bits per heavy atom. The lowest BCUT2D eigenvalue weighted by molar-refractivity contribution is 0.807. The summed E-state index contributed by atoms with van der Waals surface area (Å²) in [7, 11) is 5.83. The predicted molar refractivity (Wildman–Crippen MR) is 103 cm³/mol. The van der Waals surface area contributed by atoms with Crippen molar-refractivity contribution in [1.29, 1.82) is 0 Å². The molecule has 0 saturated heterocycles. The molecule has 0 unspecified atom stereocenters.